The van der Waals surface area contributed by atoms with Crippen LogP contribution >= 0.6 is 0 Å². The van der Waals surface area contributed by atoms with Crippen LogP contribution in [0.3, 0.4) is 0 Å². The molecular formula is C19H23NO3. The monoisotopic (exact) mass is 313 g/mol. The van der Waals surface area contributed by atoms with Gasteiger partial charge in [-0.3, -0.25) is 4.90 Å². The molecule has 1 aromatic carbocycles. The van der Waals surface area contributed by atoms with E-state index in [9.17, 15) is 10.2 Å². The lowest BCUT2D eigenvalue weighted by Gasteiger charge is -2.59. The zero-order chi connectivity index (χ0) is 15.8. The van der Waals surface area contributed by atoms with Crippen LogP contribution in [-0.4, -0.2) is 46.5 Å². The molecule has 23 heavy (non-hydrogen) atoms. The van der Waals surface area contributed by atoms with Gasteiger partial charge in [0.1, 0.15) is 6.10 Å². The number of ether oxygens (including phenoxy) is 1. The minimum Gasteiger partial charge on any atom is -0.504 e. The van der Waals surface area contributed by atoms with E-state index in [-0.39, 0.29) is 17.3 Å². The predicted octanol–water partition coefficient (Wildman–Crippen LogP) is 1.98. The molecule has 2 heterocycles. The van der Waals surface area contributed by atoms with Gasteiger partial charge in [-0.05, 0) is 49.8 Å². The molecule has 0 amide bonds. The largest absolute Gasteiger partial charge is 0.504 e. The Balaban J connectivity index is 1.73. The molecule has 2 bridgehead atoms. The summed E-state index contributed by atoms with van der Waals surface area (Å²) < 4.78 is 6.18. The lowest BCUT2D eigenvalue weighted by Crippen LogP contribution is -2.66. The van der Waals surface area contributed by atoms with Crippen molar-refractivity contribution < 1.29 is 14.9 Å². The molecule has 2 fully saturated rings. The minimum absolute atomic E-state index is 0.109. The first-order chi connectivity index (χ1) is 11.2. The fourth-order valence-electron chi connectivity index (χ4n) is 5.99. The molecule has 1 saturated heterocycles. The Bertz CT molecular complexity index is 687. The Morgan fingerprint density at radius 2 is 2.26 bits per heavy atom. The van der Waals surface area contributed by atoms with Crippen molar-refractivity contribution in [2.24, 2.45) is 5.92 Å². The lowest BCUT2D eigenvalue weighted by atomic mass is 9.51. The van der Waals surface area contributed by atoms with Crippen molar-refractivity contribution in [2.45, 2.75) is 49.3 Å². The highest BCUT2D eigenvalue weighted by atomic mass is 16.5. The van der Waals surface area contributed by atoms with E-state index in [2.05, 4.69) is 17.5 Å². The van der Waals surface area contributed by atoms with Gasteiger partial charge in [0.25, 0.3) is 0 Å². The molecule has 5 atom stereocenters. The summed E-state index contributed by atoms with van der Waals surface area (Å²) in [4.78, 5) is 2.55. The van der Waals surface area contributed by atoms with Crippen molar-refractivity contribution in [3.63, 3.8) is 0 Å². The summed E-state index contributed by atoms with van der Waals surface area (Å²) in [6.45, 7) is 5.85. The maximum absolute atomic E-state index is 10.6. The van der Waals surface area contributed by atoms with Crippen molar-refractivity contribution in [1.82, 2.24) is 4.90 Å². The van der Waals surface area contributed by atoms with E-state index in [1.54, 1.807) is 6.07 Å². The van der Waals surface area contributed by atoms with Crippen molar-refractivity contribution in [1.29, 1.82) is 0 Å². The maximum atomic E-state index is 10.6. The second kappa shape index (κ2) is 4.52. The van der Waals surface area contributed by atoms with Crippen LogP contribution in [0.25, 0.3) is 0 Å². The molecule has 0 radical (unpaired) electrons. The van der Waals surface area contributed by atoms with E-state index in [1.807, 2.05) is 6.08 Å². The van der Waals surface area contributed by atoms with Gasteiger partial charge in [-0.15, -0.1) is 6.58 Å². The molecule has 1 spiro atoms. The highest BCUT2D eigenvalue weighted by Gasteiger charge is 2.65. The Morgan fingerprint density at radius 3 is 3.09 bits per heavy atom. The molecule has 1 aromatic rings. The third-order valence-corrected chi connectivity index (χ3v) is 6.76. The number of benzene rings is 1. The Kier molecular flexibility index (Phi) is 2.73. The first-order valence-corrected chi connectivity index (χ1v) is 8.72. The SMILES string of the molecule is C=CCN1CC[C@]23c4c5ccc(O)c4O[C@H]2[C@@H](O)CC[C@H]3[C@H]1C5. The van der Waals surface area contributed by atoms with E-state index in [1.165, 1.54) is 11.1 Å². The van der Waals surface area contributed by atoms with Crippen LogP contribution in [0.4, 0.5) is 0 Å². The molecule has 4 heteroatoms. The number of nitrogens with zero attached hydrogens (tertiary/aromatic N) is 1. The average molecular weight is 313 g/mol. The normalized spacial score (nSPS) is 40.4. The number of piperidine rings is 1. The van der Waals surface area contributed by atoms with Crippen LogP contribution in [0.15, 0.2) is 24.8 Å². The van der Waals surface area contributed by atoms with Gasteiger partial charge in [0.15, 0.2) is 11.5 Å². The van der Waals surface area contributed by atoms with Crippen molar-refractivity contribution >= 4 is 0 Å². The predicted molar refractivity (Wildman–Crippen MR) is 86.8 cm³/mol. The third-order valence-electron chi connectivity index (χ3n) is 6.76. The Labute approximate surface area is 136 Å². The van der Waals surface area contributed by atoms with Crippen LogP contribution in [0.1, 0.15) is 30.4 Å². The highest BCUT2D eigenvalue weighted by Crippen LogP contribution is 2.63. The van der Waals surface area contributed by atoms with Gasteiger partial charge in [0, 0.05) is 23.6 Å². The number of aliphatic hydroxyl groups is 1. The van der Waals surface area contributed by atoms with Gasteiger partial charge < -0.3 is 14.9 Å². The Morgan fingerprint density at radius 1 is 1.39 bits per heavy atom. The molecule has 2 aliphatic carbocycles. The minimum atomic E-state index is -0.435. The van der Waals surface area contributed by atoms with E-state index < -0.39 is 6.10 Å². The molecule has 2 aliphatic heterocycles. The number of hydrogen-bond acceptors (Lipinski definition) is 4. The fourth-order valence-corrected chi connectivity index (χ4v) is 5.99. The number of likely N-dealkylation sites (tertiary alicyclic amines) is 1. The van der Waals surface area contributed by atoms with Crippen LogP contribution in [-0.2, 0) is 11.8 Å². The van der Waals surface area contributed by atoms with Crippen molar-refractivity contribution in [3.05, 3.63) is 35.9 Å². The number of rotatable bonds is 2. The molecule has 0 unspecified atom stereocenters. The van der Waals surface area contributed by atoms with E-state index >= 15 is 0 Å². The number of phenols is 1. The molecule has 4 aliphatic rings. The summed E-state index contributed by atoms with van der Waals surface area (Å²) in [5.41, 5.74) is 2.40. The quantitative estimate of drug-likeness (QED) is 0.820. The summed E-state index contributed by atoms with van der Waals surface area (Å²) in [6, 6.07) is 4.30. The maximum Gasteiger partial charge on any atom is 0.165 e. The lowest BCUT2D eigenvalue weighted by molar-refractivity contribution is -0.102. The van der Waals surface area contributed by atoms with Crippen LogP contribution < -0.4 is 4.74 Å². The summed E-state index contributed by atoms with van der Waals surface area (Å²) >= 11 is 0. The second-order valence-corrected chi connectivity index (χ2v) is 7.58. The first kappa shape index (κ1) is 13.9. The van der Waals surface area contributed by atoms with Crippen molar-refractivity contribution in [3.8, 4) is 11.5 Å². The molecule has 122 valence electrons. The number of aromatic hydroxyl groups is 1. The van der Waals surface area contributed by atoms with Crippen LogP contribution in [0, 0.1) is 5.92 Å². The van der Waals surface area contributed by atoms with E-state index in [4.69, 9.17) is 4.74 Å². The average Bonchev–Trinajstić information content (AvgIpc) is 2.89. The zero-order valence-corrected chi connectivity index (χ0v) is 13.2. The van der Waals surface area contributed by atoms with E-state index in [0.717, 1.165) is 38.8 Å². The smallest absolute Gasteiger partial charge is 0.165 e. The molecule has 2 N–H and O–H groups in total. The Hall–Kier alpha value is -1.52. The van der Waals surface area contributed by atoms with Gasteiger partial charge in [-0.2, -0.15) is 0 Å². The standard InChI is InChI=1S/C19H23NO3/c1-2-8-20-9-7-19-12-4-6-15(22)18(19)23-17-14(21)5-3-11(16(17)19)10-13(12)20/h2-3,5,12-13,15,18,21-22H,1,4,6-10H2/t12-,13+,15-,18-,19-/m0/s1. The van der Waals surface area contributed by atoms with Gasteiger partial charge in [0.05, 0.1) is 6.10 Å². The zero-order valence-electron chi connectivity index (χ0n) is 13.2. The van der Waals surface area contributed by atoms with Gasteiger partial charge in [-0.1, -0.05) is 12.1 Å². The summed E-state index contributed by atoms with van der Waals surface area (Å²) in [6.07, 6.45) is 5.19. The van der Waals surface area contributed by atoms with Gasteiger partial charge in [0.2, 0.25) is 0 Å². The van der Waals surface area contributed by atoms with Crippen LogP contribution in [0.2, 0.25) is 0 Å². The summed E-state index contributed by atoms with van der Waals surface area (Å²) in [5, 5.41) is 20.9. The second-order valence-electron chi connectivity index (χ2n) is 7.58. The number of hydrogen-bond donors (Lipinski definition) is 2. The fraction of sp³-hybridized carbons (Fsp3) is 0.579. The first-order valence-electron chi connectivity index (χ1n) is 8.72. The highest BCUT2D eigenvalue weighted by molar-refractivity contribution is 5.60. The van der Waals surface area contributed by atoms with Crippen molar-refractivity contribution in [2.75, 3.05) is 13.1 Å². The molecule has 5 rings (SSSR count). The number of aliphatic hydroxyl groups excluding tert-OH is 1. The summed E-state index contributed by atoms with van der Waals surface area (Å²) in [7, 11) is 0. The van der Waals surface area contributed by atoms with Gasteiger partial charge in [-0.25, -0.2) is 0 Å². The summed E-state index contributed by atoms with van der Waals surface area (Å²) in [5.74, 6) is 1.37. The third kappa shape index (κ3) is 1.54. The van der Waals surface area contributed by atoms with Crippen LogP contribution in [0.5, 0.6) is 11.5 Å². The molecule has 4 nitrogen and oxygen atoms in total. The molecule has 0 aromatic heterocycles. The van der Waals surface area contributed by atoms with Gasteiger partial charge >= 0.3 is 0 Å². The number of phenolic OH excluding ortho intramolecular Hbond substituents is 1. The van der Waals surface area contributed by atoms with E-state index in [0.29, 0.717) is 17.7 Å². The molecular weight excluding hydrogens is 290 g/mol. The molecule has 1 saturated carbocycles. The topological polar surface area (TPSA) is 52.9 Å².